The second-order valence-electron chi connectivity index (χ2n) is 8.64. The lowest BCUT2D eigenvalue weighted by molar-refractivity contribution is -0.141. The van der Waals surface area contributed by atoms with E-state index in [-0.39, 0.29) is 11.4 Å². The van der Waals surface area contributed by atoms with E-state index in [2.05, 4.69) is 19.1 Å². The number of aryl methyl sites for hydroxylation is 1. The number of carbonyl (C=O) groups excluding carboxylic acids is 2. The molecular formula is C22H27ClO3. The van der Waals surface area contributed by atoms with Crippen LogP contribution in [0.1, 0.15) is 62.5 Å². The van der Waals surface area contributed by atoms with E-state index in [1.165, 1.54) is 18.2 Å². The number of esters is 1. The maximum absolute atomic E-state index is 12.9. The van der Waals surface area contributed by atoms with Crippen LogP contribution in [0.25, 0.3) is 0 Å². The van der Waals surface area contributed by atoms with Gasteiger partial charge in [-0.05, 0) is 79.0 Å². The molecule has 3 aliphatic rings. The first-order chi connectivity index (χ1) is 12.4. The molecule has 2 saturated carbocycles. The molecule has 3 aliphatic carbocycles. The van der Waals surface area contributed by atoms with E-state index in [1.807, 2.05) is 6.07 Å². The third-order valence-corrected chi connectivity index (χ3v) is 7.71. The van der Waals surface area contributed by atoms with Crippen molar-refractivity contribution in [3.63, 3.8) is 0 Å². The average Bonchev–Trinajstić information content (AvgIpc) is 2.89. The van der Waals surface area contributed by atoms with Crippen LogP contribution >= 0.6 is 11.6 Å². The Hall–Kier alpha value is -1.35. The molecule has 1 aromatic rings. The number of ether oxygens (including phenoxy) is 1. The Morgan fingerprint density at radius 1 is 1.35 bits per heavy atom. The van der Waals surface area contributed by atoms with Crippen LogP contribution in [0.2, 0.25) is 5.02 Å². The van der Waals surface area contributed by atoms with Crippen LogP contribution in [0.15, 0.2) is 18.2 Å². The zero-order chi connectivity index (χ0) is 18.5. The van der Waals surface area contributed by atoms with Gasteiger partial charge in [-0.3, -0.25) is 9.59 Å². The lowest BCUT2D eigenvalue weighted by Crippen LogP contribution is -2.44. The molecule has 0 saturated heterocycles. The van der Waals surface area contributed by atoms with Gasteiger partial charge in [0.25, 0.3) is 0 Å². The first-order valence-corrected chi connectivity index (χ1v) is 10.2. The third kappa shape index (κ3) is 2.79. The van der Waals surface area contributed by atoms with Crippen molar-refractivity contribution in [3.8, 4) is 0 Å². The smallest absolute Gasteiger partial charge is 0.305 e. The fourth-order valence-electron chi connectivity index (χ4n) is 6.28. The molecule has 26 heavy (non-hydrogen) atoms. The van der Waals surface area contributed by atoms with Gasteiger partial charge in [0.15, 0.2) is 0 Å². The van der Waals surface area contributed by atoms with E-state index in [0.29, 0.717) is 42.3 Å². The van der Waals surface area contributed by atoms with E-state index >= 15 is 0 Å². The topological polar surface area (TPSA) is 43.4 Å². The van der Waals surface area contributed by atoms with Crippen molar-refractivity contribution < 1.29 is 14.3 Å². The lowest BCUT2D eigenvalue weighted by Gasteiger charge is -2.50. The van der Waals surface area contributed by atoms with Crippen LogP contribution < -0.4 is 0 Å². The van der Waals surface area contributed by atoms with Gasteiger partial charge in [0, 0.05) is 23.3 Å². The van der Waals surface area contributed by atoms with Crippen LogP contribution in [-0.4, -0.2) is 18.9 Å². The van der Waals surface area contributed by atoms with Gasteiger partial charge in [-0.1, -0.05) is 24.6 Å². The number of rotatable bonds is 3. The standard InChI is InChI=1S/C22H27ClO3/c1-22-10-9-17-16-7-5-15(23)11-13(16)3-6-18(17)21(22)14(12-19(22)24)4-8-20(25)26-2/h5,7,11,14,17-18,21H,3-4,6,8-10,12H2,1-2H3/t14-,17-,18-,21+,22-/m1/s1. The van der Waals surface area contributed by atoms with Gasteiger partial charge < -0.3 is 4.74 Å². The zero-order valence-corrected chi connectivity index (χ0v) is 16.3. The summed E-state index contributed by atoms with van der Waals surface area (Å²) >= 11 is 6.20. The summed E-state index contributed by atoms with van der Waals surface area (Å²) in [6.45, 7) is 2.19. The van der Waals surface area contributed by atoms with E-state index in [1.54, 1.807) is 0 Å². The molecule has 4 heteroatoms. The van der Waals surface area contributed by atoms with Gasteiger partial charge in [-0.15, -0.1) is 0 Å². The van der Waals surface area contributed by atoms with Crippen molar-refractivity contribution in [2.24, 2.45) is 23.2 Å². The molecule has 140 valence electrons. The molecule has 0 heterocycles. The van der Waals surface area contributed by atoms with Gasteiger partial charge >= 0.3 is 5.97 Å². The molecule has 0 spiro atoms. The zero-order valence-electron chi connectivity index (χ0n) is 15.6. The number of benzene rings is 1. The van der Waals surface area contributed by atoms with E-state index < -0.39 is 0 Å². The largest absolute Gasteiger partial charge is 0.469 e. The van der Waals surface area contributed by atoms with Crippen molar-refractivity contribution in [2.45, 2.75) is 57.8 Å². The molecule has 4 rings (SSSR count). The first kappa shape index (κ1) is 18.0. The van der Waals surface area contributed by atoms with Crippen LogP contribution in [0.3, 0.4) is 0 Å². The van der Waals surface area contributed by atoms with Crippen molar-refractivity contribution in [1.82, 2.24) is 0 Å². The second-order valence-corrected chi connectivity index (χ2v) is 9.07. The fourth-order valence-corrected chi connectivity index (χ4v) is 6.48. The van der Waals surface area contributed by atoms with Crippen LogP contribution in [-0.2, 0) is 20.7 Å². The second kappa shape index (κ2) is 6.67. The quantitative estimate of drug-likeness (QED) is 0.703. The molecule has 0 aliphatic heterocycles. The Morgan fingerprint density at radius 3 is 2.92 bits per heavy atom. The van der Waals surface area contributed by atoms with Gasteiger partial charge in [0.1, 0.15) is 5.78 Å². The van der Waals surface area contributed by atoms with Gasteiger partial charge in [-0.25, -0.2) is 0 Å². The van der Waals surface area contributed by atoms with Crippen LogP contribution in [0.4, 0.5) is 0 Å². The number of hydrogen-bond acceptors (Lipinski definition) is 3. The van der Waals surface area contributed by atoms with Crippen molar-refractivity contribution in [1.29, 1.82) is 0 Å². The van der Waals surface area contributed by atoms with Crippen molar-refractivity contribution in [2.75, 3.05) is 7.11 Å². The number of ketones is 1. The predicted octanol–water partition coefficient (Wildman–Crippen LogP) is 4.94. The molecule has 0 radical (unpaired) electrons. The monoisotopic (exact) mass is 374 g/mol. The minimum atomic E-state index is -0.202. The third-order valence-electron chi connectivity index (χ3n) is 7.48. The molecule has 0 N–H and O–H groups in total. The average molecular weight is 375 g/mol. The molecule has 3 nitrogen and oxygen atoms in total. The maximum Gasteiger partial charge on any atom is 0.305 e. The predicted molar refractivity (Wildman–Crippen MR) is 101 cm³/mol. The summed E-state index contributed by atoms with van der Waals surface area (Å²) in [6.07, 6.45) is 6.05. The Morgan fingerprint density at radius 2 is 2.15 bits per heavy atom. The summed E-state index contributed by atoms with van der Waals surface area (Å²) in [4.78, 5) is 24.5. The molecule has 1 aromatic carbocycles. The van der Waals surface area contributed by atoms with Crippen molar-refractivity contribution >= 4 is 23.4 Å². The van der Waals surface area contributed by atoms with E-state index in [9.17, 15) is 9.59 Å². The minimum absolute atomic E-state index is 0.165. The van der Waals surface area contributed by atoms with Crippen LogP contribution in [0, 0.1) is 23.2 Å². The number of carbonyl (C=O) groups is 2. The summed E-state index contributed by atoms with van der Waals surface area (Å²) in [5.41, 5.74) is 2.63. The molecule has 5 atom stereocenters. The molecule has 0 aromatic heterocycles. The molecule has 0 bridgehead atoms. The number of Topliss-reactive ketones (excluding diaryl/α,β-unsaturated/α-hetero) is 1. The van der Waals surface area contributed by atoms with Gasteiger partial charge in [0.05, 0.1) is 7.11 Å². The first-order valence-electron chi connectivity index (χ1n) is 9.82. The van der Waals surface area contributed by atoms with Crippen LogP contribution in [0.5, 0.6) is 0 Å². The Bertz CT molecular complexity index is 743. The highest BCUT2D eigenvalue weighted by Gasteiger charge is 2.58. The van der Waals surface area contributed by atoms with Gasteiger partial charge in [-0.2, -0.15) is 0 Å². The fraction of sp³-hybridized carbons (Fsp3) is 0.636. The molecule has 0 unspecified atom stereocenters. The Labute approximate surface area is 160 Å². The Balaban J connectivity index is 1.63. The van der Waals surface area contributed by atoms with E-state index in [4.69, 9.17) is 16.3 Å². The number of methoxy groups -OCH3 is 1. The lowest BCUT2D eigenvalue weighted by atomic mass is 9.54. The summed E-state index contributed by atoms with van der Waals surface area (Å²) in [7, 11) is 1.44. The molecule has 2 fully saturated rings. The van der Waals surface area contributed by atoms with E-state index in [0.717, 1.165) is 37.1 Å². The minimum Gasteiger partial charge on any atom is -0.469 e. The van der Waals surface area contributed by atoms with Gasteiger partial charge in [0.2, 0.25) is 0 Å². The number of fused-ring (bicyclic) bond motifs is 5. The highest BCUT2D eigenvalue weighted by molar-refractivity contribution is 6.30. The number of halogens is 1. The summed E-state index contributed by atoms with van der Waals surface area (Å²) in [5.74, 6) is 2.02. The SMILES string of the molecule is COC(=O)CC[C@@H]1CC(=O)[C@@]2(C)CC[C@@H]3c4ccc(Cl)cc4CC[C@H]3[C@H]12. The summed E-state index contributed by atoms with van der Waals surface area (Å²) in [6, 6.07) is 6.33. The Kier molecular flexibility index (Phi) is 4.63. The molecule has 0 amide bonds. The normalized spacial score (nSPS) is 35.4. The maximum atomic E-state index is 12.9. The summed E-state index contributed by atoms with van der Waals surface area (Å²) in [5, 5.41) is 0.815. The van der Waals surface area contributed by atoms with Crippen molar-refractivity contribution in [3.05, 3.63) is 34.3 Å². The highest BCUT2D eigenvalue weighted by Crippen LogP contribution is 2.62. The summed E-state index contributed by atoms with van der Waals surface area (Å²) < 4.78 is 4.83. The molecular weight excluding hydrogens is 348 g/mol. The highest BCUT2D eigenvalue weighted by atomic mass is 35.5. The number of hydrogen-bond donors (Lipinski definition) is 0.